The molecule has 1 heterocycles. The Hall–Kier alpha value is -2.09. The van der Waals surface area contributed by atoms with E-state index in [9.17, 15) is 4.79 Å². The van der Waals surface area contributed by atoms with Gasteiger partial charge < -0.3 is 5.32 Å². The van der Waals surface area contributed by atoms with Crippen molar-refractivity contribution in [3.8, 4) is 6.07 Å². The molecule has 1 N–H and O–H groups in total. The van der Waals surface area contributed by atoms with Crippen LogP contribution in [0, 0.1) is 11.3 Å². The molecule has 0 saturated heterocycles. The average Bonchev–Trinajstić information content (AvgIpc) is 2.91. The van der Waals surface area contributed by atoms with Gasteiger partial charge in [0.05, 0.1) is 0 Å². The number of nitriles is 1. The van der Waals surface area contributed by atoms with Gasteiger partial charge in [0.25, 0.3) is 5.91 Å². The normalized spacial score (nSPS) is 10.8. The molecule has 0 aliphatic heterocycles. The summed E-state index contributed by atoms with van der Waals surface area (Å²) in [5.41, 5.74) is 0.666. The van der Waals surface area contributed by atoms with Crippen LogP contribution in [0.2, 0.25) is 5.02 Å². The molecule has 0 bridgehead atoms. The maximum absolute atomic E-state index is 11.9. The molecule has 5 heteroatoms. The van der Waals surface area contributed by atoms with Gasteiger partial charge in [-0.15, -0.1) is 11.3 Å². The van der Waals surface area contributed by atoms with Crippen molar-refractivity contribution in [2.45, 2.75) is 0 Å². The van der Waals surface area contributed by atoms with Crippen molar-refractivity contribution in [3.63, 3.8) is 0 Å². The number of amides is 1. The SMILES string of the molecule is N#C/C(=C/c1cccs1)C(=O)Nc1ccc(Cl)cc1. The van der Waals surface area contributed by atoms with Gasteiger partial charge in [-0.25, -0.2) is 0 Å². The number of halogens is 1. The first-order valence-electron chi connectivity index (χ1n) is 5.41. The zero-order valence-corrected chi connectivity index (χ0v) is 11.3. The molecule has 1 aromatic carbocycles. The van der Waals surface area contributed by atoms with Gasteiger partial charge in [0, 0.05) is 15.6 Å². The Kier molecular flexibility index (Phi) is 4.35. The molecule has 0 aliphatic carbocycles. The summed E-state index contributed by atoms with van der Waals surface area (Å²) in [5, 5.41) is 14.1. The number of rotatable bonds is 3. The number of carbonyl (C=O) groups excluding carboxylic acids is 1. The number of hydrogen-bond donors (Lipinski definition) is 1. The van der Waals surface area contributed by atoms with Crippen LogP contribution in [0.15, 0.2) is 47.4 Å². The molecule has 19 heavy (non-hydrogen) atoms. The first kappa shape index (κ1) is 13.3. The third-order valence-electron chi connectivity index (χ3n) is 2.30. The van der Waals surface area contributed by atoms with Crippen molar-refractivity contribution in [3.05, 3.63) is 57.3 Å². The molecule has 94 valence electrons. The number of nitrogens with one attached hydrogen (secondary N) is 1. The number of benzene rings is 1. The van der Waals surface area contributed by atoms with Crippen molar-refractivity contribution >= 4 is 40.6 Å². The Labute approximate surface area is 119 Å². The van der Waals surface area contributed by atoms with Crippen molar-refractivity contribution in [1.29, 1.82) is 5.26 Å². The molecule has 0 unspecified atom stereocenters. The summed E-state index contributed by atoms with van der Waals surface area (Å²) in [7, 11) is 0. The van der Waals surface area contributed by atoms with E-state index in [1.807, 2.05) is 23.6 Å². The van der Waals surface area contributed by atoms with Gasteiger partial charge in [0.1, 0.15) is 11.6 Å². The first-order valence-corrected chi connectivity index (χ1v) is 6.67. The molecule has 0 saturated carbocycles. The molecule has 0 spiro atoms. The summed E-state index contributed by atoms with van der Waals surface area (Å²) in [6.45, 7) is 0. The van der Waals surface area contributed by atoms with E-state index in [0.29, 0.717) is 10.7 Å². The fourth-order valence-electron chi connectivity index (χ4n) is 1.40. The molecular weight excluding hydrogens is 280 g/mol. The highest BCUT2D eigenvalue weighted by Crippen LogP contribution is 2.16. The Morgan fingerprint density at radius 1 is 1.32 bits per heavy atom. The van der Waals surface area contributed by atoms with Gasteiger partial charge in [-0.05, 0) is 41.8 Å². The zero-order valence-electron chi connectivity index (χ0n) is 9.76. The second-order valence-electron chi connectivity index (χ2n) is 3.65. The number of hydrogen-bond acceptors (Lipinski definition) is 3. The van der Waals surface area contributed by atoms with Crippen molar-refractivity contribution in [2.75, 3.05) is 5.32 Å². The van der Waals surface area contributed by atoms with Crippen LogP contribution in [0.3, 0.4) is 0 Å². The van der Waals surface area contributed by atoms with Crippen LogP contribution in [0.4, 0.5) is 5.69 Å². The van der Waals surface area contributed by atoms with Crippen LogP contribution < -0.4 is 5.32 Å². The summed E-state index contributed by atoms with van der Waals surface area (Å²) in [4.78, 5) is 12.8. The van der Waals surface area contributed by atoms with Crippen LogP contribution >= 0.6 is 22.9 Å². The molecule has 2 rings (SSSR count). The van der Waals surface area contributed by atoms with E-state index in [1.165, 1.54) is 11.3 Å². The Morgan fingerprint density at radius 3 is 2.63 bits per heavy atom. The highest BCUT2D eigenvalue weighted by Gasteiger charge is 2.09. The van der Waals surface area contributed by atoms with Crippen molar-refractivity contribution < 1.29 is 4.79 Å². The quantitative estimate of drug-likeness (QED) is 0.687. The molecule has 0 fully saturated rings. The monoisotopic (exact) mass is 288 g/mol. The topological polar surface area (TPSA) is 52.9 Å². The van der Waals surface area contributed by atoms with Gasteiger partial charge in [-0.3, -0.25) is 4.79 Å². The van der Waals surface area contributed by atoms with E-state index in [4.69, 9.17) is 16.9 Å². The van der Waals surface area contributed by atoms with Gasteiger partial charge in [0.15, 0.2) is 0 Å². The first-order chi connectivity index (χ1) is 9.19. The smallest absolute Gasteiger partial charge is 0.266 e. The summed E-state index contributed by atoms with van der Waals surface area (Å²) in [6, 6.07) is 12.3. The van der Waals surface area contributed by atoms with E-state index in [-0.39, 0.29) is 5.57 Å². The van der Waals surface area contributed by atoms with Crippen LogP contribution in [-0.2, 0) is 4.79 Å². The van der Waals surface area contributed by atoms with E-state index < -0.39 is 5.91 Å². The van der Waals surface area contributed by atoms with Crippen LogP contribution in [-0.4, -0.2) is 5.91 Å². The number of nitrogens with zero attached hydrogens (tertiary/aromatic N) is 1. The summed E-state index contributed by atoms with van der Waals surface area (Å²) in [5.74, 6) is -0.432. The number of carbonyl (C=O) groups is 1. The molecule has 1 amide bonds. The molecule has 1 aromatic heterocycles. The van der Waals surface area contributed by atoms with E-state index in [0.717, 1.165) is 4.88 Å². The maximum Gasteiger partial charge on any atom is 0.266 e. The van der Waals surface area contributed by atoms with Crippen LogP contribution in [0.5, 0.6) is 0 Å². The third-order valence-corrected chi connectivity index (χ3v) is 3.37. The summed E-state index contributed by atoms with van der Waals surface area (Å²) in [6.07, 6.45) is 1.57. The second-order valence-corrected chi connectivity index (χ2v) is 5.06. The lowest BCUT2D eigenvalue weighted by Gasteiger charge is -2.03. The Bertz CT molecular complexity index is 639. The lowest BCUT2D eigenvalue weighted by molar-refractivity contribution is -0.112. The maximum atomic E-state index is 11.9. The fourth-order valence-corrected chi connectivity index (χ4v) is 2.18. The molecule has 0 atom stereocenters. The molecule has 2 aromatic rings. The summed E-state index contributed by atoms with van der Waals surface area (Å²) >= 11 is 7.23. The van der Waals surface area contributed by atoms with Gasteiger partial charge in [-0.1, -0.05) is 17.7 Å². The molecular formula is C14H9ClN2OS. The van der Waals surface area contributed by atoms with Crippen molar-refractivity contribution in [1.82, 2.24) is 0 Å². The average molecular weight is 289 g/mol. The fraction of sp³-hybridized carbons (Fsp3) is 0. The van der Waals surface area contributed by atoms with E-state index in [1.54, 1.807) is 30.3 Å². The highest BCUT2D eigenvalue weighted by atomic mass is 35.5. The zero-order chi connectivity index (χ0) is 13.7. The second kappa shape index (κ2) is 6.19. The minimum atomic E-state index is -0.432. The predicted molar refractivity (Wildman–Crippen MR) is 78.0 cm³/mol. The van der Waals surface area contributed by atoms with E-state index in [2.05, 4.69) is 5.32 Å². The highest BCUT2D eigenvalue weighted by molar-refractivity contribution is 7.10. The van der Waals surface area contributed by atoms with Gasteiger partial charge >= 0.3 is 0 Å². The van der Waals surface area contributed by atoms with Crippen LogP contribution in [0.1, 0.15) is 4.88 Å². The largest absolute Gasteiger partial charge is 0.321 e. The predicted octanol–water partition coefficient (Wildman–Crippen LogP) is 3.95. The molecule has 3 nitrogen and oxygen atoms in total. The summed E-state index contributed by atoms with van der Waals surface area (Å²) < 4.78 is 0. The minimum absolute atomic E-state index is 0.0670. The van der Waals surface area contributed by atoms with Gasteiger partial charge in [-0.2, -0.15) is 5.26 Å². The van der Waals surface area contributed by atoms with Gasteiger partial charge in [0.2, 0.25) is 0 Å². The lowest BCUT2D eigenvalue weighted by Crippen LogP contribution is -2.13. The standard InChI is InChI=1S/C14H9ClN2OS/c15-11-3-5-12(6-4-11)17-14(18)10(9-16)8-13-2-1-7-19-13/h1-8H,(H,17,18)/b10-8-. The molecule has 0 radical (unpaired) electrons. The molecule has 0 aliphatic rings. The van der Waals surface area contributed by atoms with E-state index >= 15 is 0 Å². The lowest BCUT2D eigenvalue weighted by atomic mass is 10.2. The Balaban J connectivity index is 2.14. The third kappa shape index (κ3) is 3.68. The number of thiophene rings is 1. The van der Waals surface area contributed by atoms with Crippen molar-refractivity contribution in [2.24, 2.45) is 0 Å². The minimum Gasteiger partial charge on any atom is -0.321 e. The Morgan fingerprint density at radius 2 is 2.05 bits per heavy atom. The van der Waals surface area contributed by atoms with Crippen LogP contribution in [0.25, 0.3) is 6.08 Å². The number of anilines is 1.